The lowest BCUT2D eigenvalue weighted by Gasteiger charge is -2.18. The Bertz CT molecular complexity index is 590. The summed E-state index contributed by atoms with van der Waals surface area (Å²) in [7, 11) is 4.82. The third-order valence-corrected chi connectivity index (χ3v) is 4.94. The molecule has 2 rings (SSSR count). The van der Waals surface area contributed by atoms with Crippen molar-refractivity contribution in [2.45, 2.75) is 13.0 Å². The standard InChI is InChI=1S/C15H18BrNO3S/c1-9(14-5-10(16)8-21-14)17-11-6-12(18-2)15(20-4)13(7-11)19-3/h5-9,17H,1-4H3. The molecule has 0 aliphatic carbocycles. The van der Waals surface area contributed by atoms with Crippen LogP contribution < -0.4 is 19.5 Å². The lowest BCUT2D eigenvalue weighted by Crippen LogP contribution is -2.06. The molecule has 0 aliphatic heterocycles. The van der Waals surface area contributed by atoms with E-state index >= 15 is 0 Å². The molecule has 0 saturated heterocycles. The van der Waals surface area contributed by atoms with E-state index in [1.807, 2.05) is 12.1 Å². The summed E-state index contributed by atoms with van der Waals surface area (Å²) in [6, 6.07) is 6.10. The number of hydrogen-bond acceptors (Lipinski definition) is 5. The lowest BCUT2D eigenvalue weighted by molar-refractivity contribution is 0.324. The van der Waals surface area contributed by atoms with Gasteiger partial charge in [-0.2, -0.15) is 0 Å². The van der Waals surface area contributed by atoms with E-state index in [9.17, 15) is 0 Å². The third kappa shape index (κ3) is 3.63. The number of nitrogens with one attached hydrogen (secondary N) is 1. The van der Waals surface area contributed by atoms with Crippen LogP contribution in [0.25, 0.3) is 0 Å². The minimum Gasteiger partial charge on any atom is -0.493 e. The monoisotopic (exact) mass is 371 g/mol. The van der Waals surface area contributed by atoms with E-state index in [2.05, 4.69) is 39.6 Å². The first-order valence-electron chi connectivity index (χ1n) is 6.39. The number of hydrogen-bond donors (Lipinski definition) is 1. The van der Waals surface area contributed by atoms with Gasteiger partial charge in [-0.15, -0.1) is 11.3 Å². The van der Waals surface area contributed by atoms with Gasteiger partial charge < -0.3 is 19.5 Å². The number of anilines is 1. The van der Waals surface area contributed by atoms with Crippen molar-refractivity contribution < 1.29 is 14.2 Å². The Kier molecular flexibility index (Phi) is 5.36. The molecule has 1 unspecified atom stereocenters. The Balaban J connectivity index is 2.27. The van der Waals surface area contributed by atoms with Crippen LogP contribution in [0.4, 0.5) is 5.69 Å². The molecule has 0 fully saturated rings. The molecule has 6 heteroatoms. The molecular weight excluding hydrogens is 354 g/mol. The summed E-state index contributed by atoms with van der Waals surface area (Å²) in [5.74, 6) is 1.87. The van der Waals surface area contributed by atoms with Crippen molar-refractivity contribution in [2.75, 3.05) is 26.6 Å². The third-order valence-electron chi connectivity index (χ3n) is 3.06. The summed E-state index contributed by atoms with van der Waals surface area (Å²) < 4.78 is 17.1. The molecule has 0 radical (unpaired) electrons. The van der Waals surface area contributed by atoms with Crippen LogP contribution in [0.5, 0.6) is 17.2 Å². The Hall–Kier alpha value is -1.40. The second kappa shape index (κ2) is 7.04. The van der Waals surface area contributed by atoms with Crippen LogP contribution in [-0.4, -0.2) is 21.3 Å². The zero-order valence-electron chi connectivity index (χ0n) is 12.4. The minimum absolute atomic E-state index is 0.184. The van der Waals surface area contributed by atoms with Gasteiger partial charge in [-0.1, -0.05) is 0 Å². The molecular formula is C15H18BrNO3S. The van der Waals surface area contributed by atoms with E-state index < -0.39 is 0 Å². The van der Waals surface area contributed by atoms with E-state index in [0.29, 0.717) is 17.2 Å². The zero-order chi connectivity index (χ0) is 15.4. The minimum atomic E-state index is 0.184. The van der Waals surface area contributed by atoms with Crippen LogP contribution in [0.2, 0.25) is 0 Å². The van der Waals surface area contributed by atoms with Gasteiger partial charge in [0, 0.05) is 32.6 Å². The topological polar surface area (TPSA) is 39.7 Å². The second-order valence-electron chi connectivity index (χ2n) is 4.45. The summed E-state index contributed by atoms with van der Waals surface area (Å²) in [5, 5.41) is 5.52. The molecule has 0 spiro atoms. The van der Waals surface area contributed by atoms with E-state index in [1.54, 1.807) is 32.7 Å². The average molecular weight is 372 g/mol. The normalized spacial score (nSPS) is 11.9. The van der Waals surface area contributed by atoms with Gasteiger partial charge >= 0.3 is 0 Å². The highest BCUT2D eigenvalue weighted by Crippen LogP contribution is 2.41. The van der Waals surface area contributed by atoms with Crippen LogP contribution in [0.1, 0.15) is 17.8 Å². The van der Waals surface area contributed by atoms with Gasteiger partial charge in [0.1, 0.15) is 0 Å². The quantitative estimate of drug-likeness (QED) is 0.797. The van der Waals surface area contributed by atoms with Crippen molar-refractivity contribution in [2.24, 2.45) is 0 Å². The summed E-state index contributed by atoms with van der Waals surface area (Å²) in [6.45, 7) is 2.11. The maximum Gasteiger partial charge on any atom is 0.203 e. The summed E-state index contributed by atoms with van der Waals surface area (Å²) in [5.41, 5.74) is 0.918. The fraction of sp³-hybridized carbons (Fsp3) is 0.333. The highest BCUT2D eigenvalue weighted by molar-refractivity contribution is 9.10. The number of benzene rings is 1. The van der Waals surface area contributed by atoms with Crippen LogP contribution in [0, 0.1) is 0 Å². The van der Waals surface area contributed by atoms with Crippen LogP contribution in [0.15, 0.2) is 28.1 Å². The molecule has 2 aromatic rings. The van der Waals surface area contributed by atoms with Gasteiger partial charge in [0.15, 0.2) is 11.5 Å². The molecule has 1 N–H and O–H groups in total. The predicted molar refractivity (Wildman–Crippen MR) is 90.2 cm³/mol. The Morgan fingerprint density at radius 3 is 2.10 bits per heavy atom. The molecule has 114 valence electrons. The van der Waals surface area contributed by atoms with Crippen LogP contribution in [0.3, 0.4) is 0 Å². The number of ether oxygens (including phenoxy) is 3. The first-order chi connectivity index (χ1) is 10.1. The number of thiophene rings is 1. The molecule has 0 bridgehead atoms. The molecule has 0 aliphatic rings. The van der Waals surface area contributed by atoms with E-state index in [0.717, 1.165) is 10.2 Å². The Labute approximate surface area is 137 Å². The largest absolute Gasteiger partial charge is 0.493 e. The Morgan fingerprint density at radius 2 is 1.67 bits per heavy atom. The van der Waals surface area contributed by atoms with Crippen LogP contribution in [-0.2, 0) is 0 Å². The highest BCUT2D eigenvalue weighted by Gasteiger charge is 2.15. The van der Waals surface area contributed by atoms with Crippen LogP contribution >= 0.6 is 27.3 Å². The fourth-order valence-corrected chi connectivity index (χ4v) is 3.49. The van der Waals surface area contributed by atoms with Gasteiger partial charge in [-0.05, 0) is 28.9 Å². The molecule has 1 aromatic carbocycles. The van der Waals surface area contributed by atoms with Crippen molar-refractivity contribution in [3.05, 3.63) is 32.9 Å². The lowest BCUT2D eigenvalue weighted by atomic mass is 10.2. The highest BCUT2D eigenvalue weighted by atomic mass is 79.9. The second-order valence-corrected chi connectivity index (χ2v) is 6.31. The van der Waals surface area contributed by atoms with E-state index in [4.69, 9.17) is 14.2 Å². The van der Waals surface area contributed by atoms with E-state index in [-0.39, 0.29) is 6.04 Å². The average Bonchev–Trinajstić information content (AvgIpc) is 2.92. The maximum atomic E-state index is 5.36. The molecule has 0 saturated carbocycles. The number of halogens is 1. The zero-order valence-corrected chi connectivity index (χ0v) is 14.8. The van der Waals surface area contributed by atoms with Gasteiger partial charge in [-0.25, -0.2) is 0 Å². The molecule has 4 nitrogen and oxygen atoms in total. The number of rotatable bonds is 6. The summed E-state index contributed by atoms with van der Waals surface area (Å²) in [6.07, 6.45) is 0. The Morgan fingerprint density at radius 1 is 1.05 bits per heavy atom. The van der Waals surface area contributed by atoms with Crippen molar-refractivity contribution >= 4 is 33.0 Å². The van der Waals surface area contributed by atoms with Gasteiger partial charge in [0.05, 0.1) is 27.4 Å². The predicted octanol–water partition coefficient (Wildman–Crippen LogP) is 4.71. The van der Waals surface area contributed by atoms with Crippen molar-refractivity contribution in [3.8, 4) is 17.2 Å². The first kappa shape index (κ1) is 16.0. The van der Waals surface area contributed by atoms with Gasteiger partial charge in [0.25, 0.3) is 0 Å². The SMILES string of the molecule is COc1cc(NC(C)c2cc(Br)cs2)cc(OC)c1OC. The smallest absolute Gasteiger partial charge is 0.203 e. The first-order valence-corrected chi connectivity index (χ1v) is 8.06. The fourth-order valence-electron chi connectivity index (χ4n) is 2.04. The molecule has 1 aromatic heterocycles. The van der Waals surface area contributed by atoms with Gasteiger partial charge in [0.2, 0.25) is 5.75 Å². The van der Waals surface area contributed by atoms with Crippen molar-refractivity contribution in [1.82, 2.24) is 0 Å². The maximum absolute atomic E-state index is 5.36. The summed E-state index contributed by atoms with van der Waals surface area (Å²) in [4.78, 5) is 1.25. The molecule has 1 atom stereocenters. The molecule has 21 heavy (non-hydrogen) atoms. The van der Waals surface area contributed by atoms with Gasteiger partial charge in [-0.3, -0.25) is 0 Å². The van der Waals surface area contributed by atoms with E-state index in [1.165, 1.54) is 4.88 Å². The van der Waals surface area contributed by atoms with Crippen molar-refractivity contribution in [3.63, 3.8) is 0 Å². The van der Waals surface area contributed by atoms with Crippen molar-refractivity contribution in [1.29, 1.82) is 0 Å². The molecule has 1 heterocycles. The summed E-state index contributed by atoms with van der Waals surface area (Å²) >= 11 is 5.18. The molecule has 0 amide bonds. The number of methoxy groups -OCH3 is 3.